The summed E-state index contributed by atoms with van der Waals surface area (Å²) in [4.78, 5) is 0. The first-order valence-electron chi connectivity index (χ1n) is 5.62. The molecule has 0 fully saturated rings. The van der Waals surface area contributed by atoms with Crippen LogP contribution in [0.4, 0.5) is 0 Å². The lowest BCUT2D eigenvalue weighted by Gasteiger charge is -2.16. The SMILES string of the molecule is C[Si](C)(C)c1ccc(Cn2cccn2)cc1. The van der Waals surface area contributed by atoms with Crippen LogP contribution in [0.2, 0.25) is 19.6 Å². The van der Waals surface area contributed by atoms with Gasteiger partial charge in [0, 0.05) is 12.4 Å². The maximum absolute atomic E-state index is 4.21. The molecule has 2 aromatic rings. The summed E-state index contributed by atoms with van der Waals surface area (Å²) in [5, 5.41) is 5.72. The van der Waals surface area contributed by atoms with Gasteiger partial charge in [0.2, 0.25) is 0 Å². The lowest BCUT2D eigenvalue weighted by Crippen LogP contribution is -2.37. The quantitative estimate of drug-likeness (QED) is 0.741. The molecule has 3 heteroatoms. The average Bonchev–Trinajstić information content (AvgIpc) is 2.70. The molecule has 0 spiro atoms. The minimum atomic E-state index is -1.16. The molecule has 0 saturated heterocycles. The monoisotopic (exact) mass is 230 g/mol. The summed E-state index contributed by atoms with van der Waals surface area (Å²) in [6, 6.07) is 10.9. The summed E-state index contributed by atoms with van der Waals surface area (Å²) in [6.07, 6.45) is 3.81. The molecule has 0 aliphatic heterocycles. The second kappa shape index (κ2) is 4.26. The van der Waals surface area contributed by atoms with Crippen LogP contribution < -0.4 is 5.19 Å². The fourth-order valence-corrected chi connectivity index (χ4v) is 2.86. The van der Waals surface area contributed by atoms with E-state index >= 15 is 0 Å². The van der Waals surface area contributed by atoms with Crippen LogP contribution in [0.15, 0.2) is 42.7 Å². The van der Waals surface area contributed by atoms with Gasteiger partial charge in [0.15, 0.2) is 0 Å². The summed E-state index contributed by atoms with van der Waals surface area (Å²) in [5.74, 6) is 0. The van der Waals surface area contributed by atoms with Crippen molar-refractivity contribution >= 4 is 13.3 Å². The van der Waals surface area contributed by atoms with Crippen molar-refractivity contribution in [2.45, 2.75) is 26.2 Å². The van der Waals surface area contributed by atoms with E-state index in [1.807, 2.05) is 23.1 Å². The predicted octanol–water partition coefficient (Wildman–Crippen LogP) is 2.48. The Balaban J connectivity index is 2.14. The standard InChI is InChI=1S/C13H18N2Si/c1-16(2,3)13-7-5-12(6-8-13)11-15-10-4-9-14-15/h4-10H,11H2,1-3H3. The van der Waals surface area contributed by atoms with Crippen LogP contribution in [0.25, 0.3) is 0 Å². The normalized spacial score (nSPS) is 11.7. The molecular weight excluding hydrogens is 212 g/mol. The van der Waals surface area contributed by atoms with Crippen LogP contribution in [0.3, 0.4) is 0 Å². The van der Waals surface area contributed by atoms with Crippen LogP contribution in [0.1, 0.15) is 5.56 Å². The topological polar surface area (TPSA) is 17.8 Å². The van der Waals surface area contributed by atoms with Crippen molar-refractivity contribution in [2.24, 2.45) is 0 Å². The lowest BCUT2D eigenvalue weighted by atomic mass is 10.2. The predicted molar refractivity (Wildman–Crippen MR) is 70.8 cm³/mol. The highest BCUT2D eigenvalue weighted by molar-refractivity contribution is 6.88. The summed E-state index contributed by atoms with van der Waals surface area (Å²) in [5.41, 5.74) is 1.31. The van der Waals surface area contributed by atoms with Gasteiger partial charge >= 0.3 is 0 Å². The van der Waals surface area contributed by atoms with Gasteiger partial charge in [-0.05, 0) is 11.6 Å². The van der Waals surface area contributed by atoms with Crippen molar-refractivity contribution in [1.82, 2.24) is 9.78 Å². The minimum Gasteiger partial charge on any atom is -0.268 e. The third-order valence-electron chi connectivity index (χ3n) is 2.72. The number of aromatic nitrogens is 2. The molecule has 2 nitrogen and oxygen atoms in total. The molecule has 0 atom stereocenters. The van der Waals surface area contributed by atoms with E-state index < -0.39 is 8.07 Å². The lowest BCUT2D eigenvalue weighted by molar-refractivity contribution is 0.687. The van der Waals surface area contributed by atoms with Crippen molar-refractivity contribution in [3.63, 3.8) is 0 Å². The van der Waals surface area contributed by atoms with Crippen molar-refractivity contribution in [2.75, 3.05) is 0 Å². The van der Waals surface area contributed by atoms with Crippen molar-refractivity contribution in [1.29, 1.82) is 0 Å². The Hall–Kier alpha value is -1.35. The van der Waals surface area contributed by atoms with Crippen LogP contribution >= 0.6 is 0 Å². The highest BCUT2D eigenvalue weighted by Crippen LogP contribution is 2.05. The Bertz CT molecular complexity index is 438. The molecule has 0 saturated carbocycles. The molecule has 1 heterocycles. The van der Waals surface area contributed by atoms with Crippen LogP contribution in [-0.2, 0) is 6.54 Å². The highest BCUT2D eigenvalue weighted by Gasteiger charge is 2.15. The van der Waals surface area contributed by atoms with E-state index in [9.17, 15) is 0 Å². The minimum absolute atomic E-state index is 0.860. The van der Waals surface area contributed by atoms with Gasteiger partial charge in [-0.15, -0.1) is 0 Å². The van der Waals surface area contributed by atoms with Gasteiger partial charge in [0.25, 0.3) is 0 Å². The van der Waals surface area contributed by atoms with Gasteiger partial charge < -0.3 is 0 Å². The molecule has 0 unspecified atom stereocenters. The average molecular weight is 230 g/mol. The van der Waals surface area contributed by atoms with Crippen LogP contribution in [0, 0.1) is 0 Å². The number of benzene rings is 1. The van der Waals surface area contributed by atoms with Gasteiger partial charge in [0.05, 0.1) is 14.6 Å². The van der Waals surface area contributed by atoms with Gasteiger partial charge in [0.1, 0.15) is 0 Å². The molecule has 1 aromatic carbocycles. The zero-order valence-electron chi connectivity index (χ0n) is 10.1. The number of nitrogens with zero attached hydrogens (tertiary/aromatic N) is 2. The van der Waals surface area contributed by atoms with Crippen LogP contribution in [-0.4, -0.2) is 17.9 Å². The van der Waals surface area contributed by atoms with Crippen molar-refractivity contribution < 1.29 is 0 Å². The molecule has 2 rings (SSSR count). The Kier molecular flexibility index (Phi) is 2.96. The zero-order valence-corrected chi connectivity index (χ0v) is 11.1. The van der Waals surface area contributed by atoms with Crippen molar-refractivity contribution in [3.8, 4) is 0 Å². The molecular formula is C13H18N2Si. The molecule has 0 N–H and O–H groups in total. The van der Waals surface area contributed by atoms with Gasteiger partial charge in [-0.2, -0.15) is 5.10 Å². The summed E-state index contributed by atoms with van der Waals surface area (Å²) < 4.78 is 1.95. The molecule has 0 amide bonds. The molecule has 1 aromatic heterocycles. The third-order valence-corrected chi connectivity index (χ3v) is 4.79. The molecule has 0 bridgehead atoms. The third kappa shape index (κ3) is 2.61. The first-order chi connectivity index (χ1) is 7.55. The van der Waals surface area contributed by atoms with Gasteiger partial charge in [-0.1, -0.05) is 49.1 Å². The smallest absolute Gasteiger partial charge is 0.0775 e. The van der Waals surface area contributed by atoms with E-state index in [0.717, 1.165) is 6.54 Å². The molecule has 0 radical (unpaired) electrons. The number of rotatable bonds is 3. The Morgan fingerprint density at radius 2 is 1.81 bits per heavy atom. The summed E-state index contributed by atoms with van der Waals surface area (Å²) >= 11 is 0. The summed E-state index contributed by atoms with van der Waals surface area (Å²) in [6.45, 7) is 7.97. The number of hydrogen-bond donors (Lipinski definition) is 0. The van der Waals surface area contributed by atoms with E-state index in [2.05, 4.69) is 49.0 Å². The van der Waals surface area contributed by atoms with Gasteiger partial charge in [-0.3, -0.25) is 4.68 Å². The fraction of sp³-hybridized carbons (Fsp3) is 0.308. The summed E-state index contributed by atoms with van der Waals surface area (Å²) in [7, 11) is -1.16. The first-order valence-corrected chi connectivity index (χ1v) is 9.12. The maximum Gasteiger partial charge on any atom is 0.0775 e. The fourth-order valence-electron chi connectivity index (χ4n) is 1.69. The second-order valence-corrected chi connectivity index (χ2v) is 10.2. The Morgan fingerprint density at radius 1 is 1.12 bits per heavy atom. The van der Waals surface area contributed by atoms with Gasteiger partial charge in [-0.25, -0.2) is 0 Å². The van der Waals surface area contributed by atoms with E-state index in [1.54, 1.807) is 0 Å². The van der Waals surface area contributed by atoms with E-state index in [4.69, 9.17) is 0 Å². The van der Waals surface area contributed by atoms with E-state index in [1.165, 1.54) is 10.8 Å². The Morgan fingerprint density at radius 3 is 2.31 bits per heavy atom. The van der Waals surface area contributed by atoms with Crippen LogP contribution in [0.5, 0.6) is 0 Å². The van der Waals surface area contributed by atoms with E-state index in [0.29, 0.717) is 0 Å². The molecule has 0 aliphatic carbocycles. The largest absolute Gasteiger partial charge is 0.268 e. The Labute approximate surface area is 97.9 Å². The highest BCUT2D eigenvalue weighted by atomic mass is 28.3. The molecule has 16 heavy (non-hydrogen) atoms. The molecule has 0 aliphatic rings. The molecule has 84 valence electrons. The maximum atomic E-state index is 4.21. The van der Waals surface area contributed by atoms with Crippen molar-refractivity contribution in [3.05, 3.63) is 48.3 Å². The van der Waals surface area contributed by atoms with E-state index in [-0.39, 0.29) is 0 Å². The first kappa shape index (κ1) is 11.1. The second-order valence-electron chi connectivity index (χ2n) is 5.15. The number of hydrogen-bond acceptors (Lipinski definition) is 1. The zero-order chi connectivity index (χ0) is 11.6.